The van der Waals surface area contributed by atoms with Gasteiger partial charge in [0.15, 0.2) is 0 Å². The number of amides is 1. The van der Waals surface area contributed by atoms with Crippen molar-refractivity contribution in [3.05, 3.63) is 12.2 Å². The molecular weight excluding hydrogens is 196 g/mol. The number of rotatable bonds is 6. The molecule has 5 nitrogen and oxygen atoms in total. The Bertz CT molecular complexity index is 249. The van der Waals surface area contributed by atoms with Crippen molar-refractivity contribution in [3.63, 3.8) is 0 Å². The average molecular weight is 214 g/mol. The molecule has 0 aromatic heterocycles. The van der Waals surface area contributed by atoms with Gasteiger partial charge >= 0.3 is 5.97 Å². The van der Waals surface area contributed by atoms with Gasteiger partial charge in [-0.15, -0.1) is 0 Å². The van der Waals surface area contributed by atoms with E-state index in [1.165, 1.54) is 11.0 Å². The Morgan fingerprint density at radius 2 is 1.87 bits per heavy atom. The monoisotopic (exact) mass is 214 g/mol. The molecule has 0 aliphatic rings. The van der Waals surface area contributed by atoms with E-state index in [0.717, 1.165) is 0 Å². The molecule has 0 bridgehead atoms. The third-order valence-corrected chi connectivity index (χ3v) is 1.76. The third kappa shape index (κ3) is 6.68. The molecule has 0 spiro atoms. The molecule has 15 heavy (non-hydrogen) atoms. The molecule has 0 heterocycles. The lowest BCUT2D eigenvalue weighted by molar-refractivity contribution is -0.142. The summed E-state index contributed by atoms with van der Waals surface area (Å²) < 4.78 is 0. The van der Waals surface area contributed by atoms with Crippen LogP contribution in [0.2, 0.25) is 0 Å². The molecule has 1 N–H and O–H groups in total. The lowest BCUT2D eigenvalue weighted by Crippen LogP contribution is -2.39. The van der Waals surface area contributed by atoms with Crippen LogP contribution in [0.25, 0.3) is 0 Å². The maximum atomic E-state index is 11.4. The fourth-order valence-electron chi connectivity index (χ4n) is 0.999. The number of hydrogen-bond acceptors (Lipinski definition) is 3. The smallest absolute Gasteiger partial charge is 0.323 e. The number of carbonyl (C=O) groups excluding carboxylic acids is 1. The summed E-state index contributed by atoms with van der Waals surface area (Å²) >= 11 is 0. The van der Waals surface area contributed by atoms with E-state index in [2.05, 4.69) is 0 Å². The van der Waals surface area contributed by atoms with Crippen LogP contribution in [0.3, 0.4) is 0 Å². The fourth-order valence-corrected chi connectivity index (χ4v) is 0.999. The number of nitrogens with zero attached hydrogens (tertiary/aromatic N) is 2. The topological polar surface area (TPSA) is 60.9 Å². The first-order valence-electron chi connectivity index (χ1n) is 4.75. The van der Waals surface area contributed by atoms with Crippen LogP contribution in [-0.4, -0.2) is 60.5 Å². The largest absolute Gasteiger partial charge is 0.480 e. The standard InChI is InChI=1S/C10H18N2O3/c1-4-5-9(13)12(8-10(14)15)7-6-11(2)3/h4-5H,6-8H2,1-3H3,(H,14,15)/b5-4+. The van der Waals surface area contributed by atoms with Crippen LogP contribution in [0.15, 0.2) is 12.2 Å². The lowest BCUT2D eigenvalue weighted by Gasteiger charge is -2.21. The molecule has 0 aliphatic carbocycles. The van der Waals surface area contributed by atoms with Gasteiger partial charge in [-0.05, 0) is 27.1 Å². The van der Waals surface area contributed by atoms with Gasteiger partial charge in [-0.25, -0.2) is 0 Å². The number of carbonyl (C=O) groups is 2. The Labute approximate surface area is 90.0 Å². The second-order valence-corrected chi connectivity index (χ2v) is 3.46. The normalized spacial score (nSPS) is 10.9. The molecule has 0 saturated heterocycles. The highest BCUT2D eigenvalue weighted by Crippen LogP contribution is 1.93. The van der Waals surface area contributed by atoms with Crippen molar-refractivity contribution in [2.75, 3.05) is 33.7 Å². The summed E-state index contributed by atoms with van der Waals surface area (Å²) in [7, 11) is 3.75. The van der Waals surface area contributed by atoms with Crippen LogP contribution < -0.4 is 0 Å². The number of likely N-dealkylation sites (N-methyl/N-ethyl adjacent to an activating group) is 1. The molecule has 1 amide bonds. The van der Waals surface area contributed by atoms with Gasteiger partial charge in [0.05, 0.1) is 0 Å². The molecule has 0 aromatic carbocycles. The van der Waals surface area contributed by atoms with Crippen molar-refractivity contribution < 1.29 is 14.7 Å². The molecule has 0 aromatic rings. The zero-order chi connectivity index (χ0) is 11.8. The summed E-state index contributed by atoms with van der Waals surface area (Å²) in [6.45, 7) is 2.54. The van der Waals surface area contributed by atoms with Crippen molar-refractivity contribution in [1.29, 1.82) is 0 Å². The highest BCUT2D eigenvalue weighted by atomic mass is 16.4. The van der Waals surface area contributed by atoms with Crippen LogP contribution in [-0.2, 0) is 9.59 Å². The molecule has 0 rings (SSSR count). The lowest BCUT2D eigenvalue weighted by atomic mass is 10.4. The first kappa shape index (κ1) is 13.6. The molecule has 0 radical (unpaired) electrons. The minimum Gasteiger partial charge on any atom is -0.480 e. The average Bonchev–Trinajstić information content (AvgIpc) is 2.11. The maximum Gasteiger partial charge on any atom is 0.323 e. The summed E-state index contributed by atoms with van der Waals surface area (Å²) in [5.41, 5.74) is 0. The van der Waals surface area contributed by atoms with Crippen molar-refractivity contribution in [1.82, 2.24) is 9.80 Å². The van der Waals surface area contributed by atoms with Crippen LogP contribution in [0.4, 0.5) is 0 Å². The number of hydrogen-bond donors (Lipinski definition) is 1. The highest BCUT2D eigenvalue weighted by Gasteiger charge is 2.13. The fraction of sp³-hybridized carbons (Fsp3) is 0.600. The van der Waals surface area contributed by atoms with Crippen molar-refractivity contribution in [2.45, 2.75) is 6.92 Å². The van der Waals surface area contributed by atoms with Gasteiger partial charge in [0, 0.05) is 13.1 Å². The summed E-state index contributed by atoms with van der Waals surface area (Å²) in [5, 5.41) is 8.63. The zero-order valence-electron chi connectivity index (χ0n) is 9.43. The van der Waals surface area contributed by atoms with E-state index in [-0.39, 0.29) is 12.5 Å². The number of aliphatic carboxylic acids is 1. The highest BCUT2D eigenvalue weighted by molar-refractivity contribution is 5.89. The van der Waals surface area contributed by atoms with E-state index >= 15 is 0 Å². The molecular formula is C10H18N2O3. The van der Waals surface area contributed by atoms with Gasteiger partial charge < -0.3 is 14.9 Å². The Morgan fingerprint density at radius 1 is 1.27 bits per heavy atom. The molecule has 86 valence electrons. The number of allylic oxidation sites excluding steroid dienone is 1. The zero-order valence-corrected chi connectivity index (χ0v) is 9.43. The molecule has 0 saturated carbocycles. The SMILES string of the molecule is C/C=C/C(=O)N(CCN(C)C)CC(=O)O. The van der Waals surface area contributed by atoms with Crippen LogP contribution in [0.1, 0.15) is 6.92 Å². The van der Waals surface area contributed by atoms with E-state index < -0.39 is 5.97 Å². The second-order valence-electron chi connectivity index (χ2n) is 3.46. The predicted molar refractivity (Wildman–Crippen MR) is 57.6 cm³/mol. The van der Waals surface area contributed by atoms with E-state index in [1.807, 2.05) is 19.0 Å². The Kier molecular flexibility index (Phi) is 6.37. The van der Waals surface area contributed by atoms with E-state index in [1.54, 1.807) is 13.0 Å². The van der Waals surface area contributed by atoms with Crippen LogP contribution in [0.5, 0.6) is 0 Å². The van der Waals surface area contributed by atoms with Crippen molar-refractivity contribution in [3.8, 4) is 0 Å². The Hall–Kier alpha value is -1.36. The number of carboxylic acids is 1. The summed E-state index contributed by atoms with van der Waals surface area (Å²) in [6, 6.07) is 0. The van der Waals surface area contributed by atoms with Crippen molar-refractivity contribution in [2.24, 2.45) is 0 Å². The second kappa shape index (κ2) is 7.00. The Balaban J connectivity index is 4.30. The summed E-state index contributed by atoms with van der Waals surface area (Å²) in [5.74, 6) is -1.26. The minimum atomic E-state index is -0.994. The van der Waals surface area contributed by atoms with Crippen molar-refractivity contribution >= 4 is 11.9 Å². The number of carboxylic acid groups (broad SMARTS) is 1. The van der Waals surface area contributed by atoms with Crippen LogP contribution in [0, 0.1) is 0 Å². The van der Waals surface area contributed by atoms with Gasteiger partial charge in [0.1, 0.15) is 6.54 Å². The van der Waals surface area contributed by atoms with E-state index in [9.17, 15) is 9.59 Å². The van der Waals surface area contributed by atoms with Gasteiger partial charge in [-0.1, -0.05) is 6.08 Å². The molecule has 0 aliphatic heterocycles. The first-order valence-corrected chi connectivity index (χ1v) is 4.75. The summed E-state index contributed by atoms with van der Waals surface area (Å²) in [4.78, 5) is 25.2. The molecule has 0 atom stereocenters. The molecule has 5 heteroatoms. The predicted octanol–water partition coefficient (Wildman–Crippen LogP) is 0.0373. The molecule has 0 fully saturated rings. The van der Waals surface area contributed by atoms with E-state index in [4.69, 9.17) is 5.11 Å². The quantitative estimate of drug-likeness (QED) is 0.634. The van der Waals surface area contributed by atoms with Gasteiger partial charge in [0.25, 0.3) is 0 Å². The maximum absolute atomic E-state index is 11.4. The van der Waals surface area contributed by atoms with Gasteiger partial charge in [-0.2, -0.15) is 0 Å². The third-order valence-electron chi connectivity index (χ3n) is 1.76. The first-order chi connectivity index (χ1) is 6.97. The molecule has 0 unspecified atom stereocenters. The van der Waals surface area contributed by atoms with Crippen LogP contribution >= 0.6 is 0 Å². The van der Waals surface area contributed by atoms with Gasteiger partial charge in [-0.3, -0.25) is 9.59 Å². The van der Waals surface area contributed by atoms with E-state index in [0.29, 0.717) is 13.1 Å². The summed E-state index contributed by atoms with van der Waals surface area (Å²) in [6.07, 6.45) is 2.98. The Morgan fingerprint density at radius 3 is 2.27 bits per heavy atom. The van der Waals surface area contributed by atoms with Gasteiger partial charge in [0.2, 0.25) is 5.91 Å². The minimum absolute atomic E-state index is 0.253.